The van der Waals surface area contributed by atoms with Crippen molar-refractivity contribution in [2.45, 2.75) is 13.5 Å². The van der Waals surface area contributed by atoms with Gasteiger partial charge in [-0.3, -0.25) is 9.69 Å². The number of halogens is 1. The summed E-state index contributed by atoms with van der Waals surface area (Å²) in [6.07, 6.45) is 5.63. The number of amides is 1. The Labute approximate surface area is 178 Å². The van der Waals surface area contributed by atoms with Crippen molar-refractivity contribution in [1.29, 1.82) is 0 Å². The van der Waals surface area contributed by atoms with Gasteiger partial charge in [0.25, 0.3) is 0 Å². The smallest absolute Gasteiger partial charge is 0.237 e. The molecule has 0 spiro atoms. The number of thiophene rings is 1. The van der Waals surface area contributed by atoms with Gasteiger partial charge in [-0.1, -0.05) is 23.7 Å². The lowest BCUT2D eigenvalue weighted by Gasteiger charge is -2.33. The maximum atomic E-state index is 12.6. The number of fused-ring (bicyclic) bond motifs is 1. The Balaban J connectivity index is 1.34. The number of hydrogen-bond acceptors (Lipinski definition) is 6. The van der Waals surface area contributed by atoms with Crippen molar-refractivity contribution >= 4 is 51.6 Å². The highest BCUT2D eigenvalue weighted by molar-refractivity contribution is 7.17. The number of piperazine rings is 1. The molecule has 0 bridgehead atoms. The molecule has 8 heteroatoms. The molecule has 1 aliphatic rings. The molecule has 2 N–H and O–H groups in total. The zero-order valence-electron chi connectivity index (χ0n) is 16.1. The van der Waals surface area contributed by atoms with Crippen LogP contribution in [0.25, 0.3) is 17.0 Å². The lowest BCUT2D eigenvalue weighted by atomic mass is 10.1. The van der Waals surface area contributed by atoms with E-state index in [2.05, 4.69) is 33.1 Å². The molecule has 6 nitrogen and oxygen atoms in total. The van der Waals surface area contributed by atoms with E-state index in [0.29, 0.717) is 25.5 Å². The second-order valence-corrected chi connectivity index (χ2v) is 8.85. The van der Waals surface area contributed by atoms with Crippen LogP contribution >= 0.6 is 22.9 Å². The first-order valence-corrected chi connectivity index (χ1v) is 10.6. The molecule has 29 heavy (non-hydrogen) atoms. The number of aryl methyl sites for hydroxylation is 1. The number of benzene rings is 1. The summed E-state index contributed by atoms with van der Waals surface area (Å²) in [5.74, 6) is 0.612. The fourth-order valence-corrected chi connectivity index (χ4v) is 4.55. The molecule has 4 rings (SSSR count). The van der Waals surface area contributed by atoms with Crippen molar-refractivity contribution in [2.24, 2.45) is 0 Å². The highest BCUT2D eigenvalue weighted by atomic mass is 35.5. The van der Waals surface area contributed by atoms with Gasteiger partial charge in [0.05, 0.1) is 16.4 Å². The summed E-state index contributed by atoms with van der Waals surface area (Å²) in [5.41, 5.74) is 8.83. The number of carbonyl (C=O) groups excluding carboxylic acids is 1. The molecule has 3 heterocycles. The van der Waals surface area contributed by atoms with Crippen LogP contribution in [0.1, 0.15) is 16.0 Å². The molecule has 1 amide bonds. The van der Waals surface area contributed by atoms with E-state index in [9.17, 15) is 4.79 Å². The van der Waals surface area contributed by atoms with Gasteiger partial charge in [0.2, 0.25) is 5.91 Å². The standard InChI is InChI=1S/C21H22ClN5OS/c1-14-9-16(29-20(14)22)3-2-6-26-7-8-27(19(28)12-26)11-15-4-5-17-18(10-15)24-13-25-21(17)23/h2-5,9-10,13H,6-8,11-12H2,1H3,(H2,23,24,25). The second-order valence-electron chi connectivity index (χ2n) is 7.17. The fraction of sp³-hybridized carbons (Fsp3) is 0.286. The normalized spacial score (nSPS) is 15.7. The molecule has 1 fully saturated rings. The molecule has 2 aromatic heterocycles. The van der Waals surface area contributed by atoms with Crippen LogP contribution in [0.15, 0.2) is 36.7 Å². The first-order valence-electron chi connectivity index (χ1n) is 9.41. The number of nitrogen functional groups attached to an aromatic ring is 1. The summed E-state index contributed by atoms with van der Waals surface area (Å²) in [6, 6.07) is 7.96. The Hall–Kier alpha value is -2.48. The summed E-state index contributed by atoms with van der Waals surface area (Å²) in [6.45, 7) is 5.32. The molecule has 0 aliphatic carbocycles. The lowest BCUT2D eigenvalue weighted by Crippen LogP contribution is -2.49. The minimum atomic E-state index is 0.141. The Morgan fingerprint density at radius 2 is 2.14 bits per heavy atom. The summed E-state index contributed by atoms with van der Waals surface area (Å²) in [5, 5.41) is 0.835. The first kappa shape index (κ1) is 19.8. The maximum Gasteiger partial charge on any atom is 0.237 e. The van der Waals surface area contributed by atoms with Crippen LogP contribution in [0.3, 0.4) is 0 Å². The zero-order chi connectivity index (χ0) is 20.4. The minimum absolute atomic E-state index is 0.141. The fourth-order valence-electron chi connectivity index (χ4n) is 3.41. The third kappa shape index (κ3) is 4.58. The Bertz CT molecular complexity index is 1060. The predicted molar refractivity (Wildman–Crippen MR) is 119 cm³/mol. The predicted octanol–water partition coefficient (Wildman–Crippen LogP) is 3.59. The first-order chi connectivity index (χ1) is 14.0. The van der Waals surface area contributed by atoms with Crippen LogP contribution in [-0.2, 0) is 11.3 Å². The largest absolute Gasteiger partial charge is 0.383 e. The molecule has 1 aliphatic heterocycles. The number of carbonyl (C=O) groups is 1. The molecular weight excluding hydrogens is 406 g/mol. The number of nitrogens with two attached hydrogens (primary N) is 1. The highest BCUT2D eigenvalue weighted by Crippen LogP contribution is 2.27. The van der Waals surface area contributed by atoms with Crippen LogP contribution in [0.2, 0.25) is 4.34 Å². The quantitative estimate of drug-likeness (QED) is 0.673. The molecule has 0 atom stereocenters. The van der Waals surface area contributed by atoms with E-state index >= 15 is 0 Å². The average molecular weight is 428 g/mol. The number of hydrogen-bond donors (Lipinski definition) is 1. The van der Waals surface area contributed by atoms with E-state index in [1.54, 1.807) is 11.3 Å². The number of aromatic nitrogens is 2. The third-order valence-corrected chi connectivity index (χ3v) is 6.55. The molecule has 3 aromatic rings. The Kier molecular flexibility index (Phi) is 5.80. The molecular formula is C21H22ClN5OS. The van der Waals surface area contributed by atoms with Crippen molar-refractivity contribution in [3.8, 4) is 0 Å². The van der Waals surface area contributed by atoms with Crippen molar-refractivity contribution in [2.75, 3.05) is 31.9 Å². The van der Waals surface area contributed by atoms with Gasteiger partial charge in [-0.05, 0) is 42.3 Å². The topological polar surface area (TPSA) is 75.3 Å². The van der Waals surface area contributed by atoms with E-state index < -0.39 is 0 Å². The zero-order valence-corrected chi connectivity index (χ0v) is 17.7. The summed E-state index contributed by atoms with van der Waals surface area (Å²) < 4.78 is 0.830. The summed E-state index contributed by atoms with van der Waals surface area (Å²) in [7, 11) is 0. The van der Waals surface area contributed by atoms with Crippen LogP contribution in [0, 0.1) is 6.92 Å². The number of nitrogens with zero attached hydrogens (tertiary/aromatic N) is 4. The van der Waals surface area contributed by atoms with Gasteiger partial charge in [0, 0.05) is 36.4 Å². The van der Waals surface area contributed by atoms with Gasteiger partial charge in [0.1, 0.15) is 12.1 Å². The lowest BCUT2D eigenvalue weighted by molar-refractivity contribution is -0.136. The van der Waals surface area contributed by atoms with E-state index in [-0.39, 0.29) is 5.91 Å². The van der Waals surface area contributed by atoms with E-state index in [1.165, 1.54) is 6.33 Å². The molecule has 150 valence electrons. The monoisotopic (exact) mass is 427 g/mol. The third-order valence-electron chi connectivity index (χ3n) is 5.02. The SMILES string of the molecule is Cc1cc(C=CCN2CCN(Cc3ccc4c(N)ncnc4c3)C(=O)C2)sc1Cl. The molecule has 1 saturated heterocycles. The van der Waals surface area contributed by atoms with E-state index in [4.69, 9.17) is 17.3 Å². The number of rotatable bonds is 5. The molecule has 0 radical (unpaired) electrons. The highest BCUT2D eigenvalue weighted by Gasteiger charge is 2.23. The van der Waals surface area contributed by atoms with Gasteiger partial charge < -0.3 is 10.6 Å². The van der Waals surface area contributed by atoms with Crippen molar-refractivity contribution in [3.63, 3.8) is 0 Å². The van der Waals surface area contributed by atoms with E-state index in [1.807, 2.05) is 30.0 Å². The summed E-state index contributed by atoms with van der Waals surface area (Å²) >= 11 is 7.68. The Morgan fingerprint density at radius 1 is 1.28 bits per heavy atom. The van der Waals surface area contributed by atoms with Crippen LogP contribution in [0.5, 0.6) is 0 Å². The summed E-state index contributed by atoms with van der Waals surface area (Å²) in [4.78, 5) is 26.1. The van der Waals surface area contributed by atoms with Crippen molar-refractivity contribution in [3.05, 3.63) is 57.0 Å². The van der Waals surface area contributed by atoms with Crippen molar-refractivity contribution < 1.29 is 4.79 Å². The van der Waals surface area contributed by atoms with Gasteiger partial charge in [-0.25, -0.2) is 9.97 Å². The molecule has 0 unspecified atom stereocenters. The van der Waals surface area contributed by atoms with Crippen molar-refractivity contribution in [1.82, 2.24) is 19.8 Å². The van der Waals surface area contributed by atoms with E-state index in [0.717, 1.165) is 44.3 Å². The Morgan fingerprint density at radius 3 is 2.90 bits per heavy atom. The minimum Gasteiger partial charge on any atom is -0.383 e. The molecule has 1 aromatic carbocycles. The van der Waals surface area contributed by atoms with Crippen LogP contribution < -0.4 is 5.73 Å². The van der Waals surface area contributed by atoms with Gasteiger partial charge in [-0.2, -0.15) is 0 Å². The van der Waals surface area contributed by atoms with Gasteiger partial charge in [0.15, 0.2) is 0 Å². The van der Waals surface area contributed by atoms with Gasteiger partial charge in [-0.15, -0.1) is 11.3 Å². The molecule has 0 saturated carbocycles. The average Bonchev–Trinajstić information content (AvgIpc) is 3.01. The maximum absolute atomic E-state index is 12.6. The van der Waals surface area contributed by atoms with Crippen LogP contribution in [-0.4, -0.2) is 51.9 Å². The number of anilines is 1. The van der Waals surface area contributed by atoms with Crippen LogP contribution in [0.4, 0.5) is 5.82 Å². The second kappa shape index (κ2) is 8.49. The van der Waals surface area contributed by atoms with Gasteiger partial charge >= 0.3 is 0 Å².